The van der Waals surface area contributed by atoms with E-state index >= 15 is 0 Å². The number of benzene rings is 1. The zero-order valence-electron chi connectivity index (χ0n) is 18.2. The molecule has 1 aromatic carbocycles. The molecule has 33 heavy (non-hydrogen) atoms. The van der Waals surface area contributed by atoms with Crippen LogP contribution in [0, 0.1) is 5.92 Å². The van der Waals surface area contributed by atoms with Gasteiger partial charge in [-0.05, 0) is 30.5 Å². The average Bonchev–Trinajstić information content (AvgIpc) is 2.82. The molecule has 1 unspecified atom stereocenters. The molecule has 0 radical (unpaired) electrons. The van der Waals surface area contributed by atoms with Gasteiger partial charge in [-0.15, -0.1) is 0 Å². The van der Waals surface area contributed by atoms with Gasteiger partial charge < -0.3 is 10.2 Å². The summed E-state index contributed by atoms with van der Waals surface area (Å²) in [5.74, 6) is 0.209. The molecule has 8 nitrogen and oxygen atoms in total. The zero-order chi connectivity index (χ0) is 23.4. The van der Waals surface area contributed by atoms with Gasteiger partial charge in [0, 0.05) is 38.3 Å². The summed E-state index contributed by atoms with van der Waals surface area (Å²) in [7, 11) is -3.05. The molecular weight excluding hydrogens is 464 g/mol. The molecule has 2 aliphatic heterocycles. The van der Waals surface area contributed by atoms with Crippen molar-refractivity contribution in [1.29, 1.82) is 0 Å². The number of sulfone groups is 1. The number of halogens is 1. The van der Waals surface area contributed by atoms with Crippen LogP contribution in [0.3, 0.4) is 0 Å². The van der Waals surface area contributed by atoms with Gasteiger partial charge in [0.25, 0.3) is 0 Å². The van der Waals surface area contributed by atoms with E-state index in [1.807, 2.05) is 35.2 Å². The van der Waals surface area contributed by atoms with E-state index in [0.29, 0.717) is 49.9 Å². The fraction of sp³-hybridized carbons (Fsp3) is 0.435. The molecule has 2 saturated heterocycles. The smallest absolute Gasteiger partial charge is 0.244 e. The van der Waals surface area contributed by atoms with Crippen LogP contribution in [0.5, 0.6) is 0 Å². The summed E-state index contributed by atoms with van der Waals surface area (Å²) in [5.41, 5.74) is 0.857. The van der Waals surface area contributed by atoms with Crippen molar-refractivity contribution in [2.24, 2.45) is 5.92 Å². The van der Waals surface area contributed by atoms with Crippen molar-refractivity contribution in [3.05, 3.63) is 59.2 Å². The molecule has 0 aliphatic carbocycles. The van der Waals surface area contributed by atoms with Crippen molar-refractivity contribution < 1.29 is 18.0 Å². The first-order valence-electron chi connectivity index (χ1n) is 11.0. The molecule has 0 saturated carbocycles. The van der Waals surface area contributed by atoms with Gasteiger partial charge in [0.1, 0.15) is 11.9 Å². The molecule has 0 bridgehead atoms. The lowest BCUT2D eigenvalue weighted by Crippen LogP contribution is -2.50. The predicted molar refractivity (Wildman–Crippen MR) is 127 cm³/mol. The Morgan fingerprint density at radius 2 is 1.67 bits per heavy atom. The number of carbonyl (C=O) groups is 2. The fourth-order valence-corrected chi connectivity index (χ4v) is 5.68. The van der Waals surface area contributed by atoms with E-state index in [2.05, 4.69) is 10.3 Å². The number of pyridine rings is 1. The Morgan fingerprint density at radius 1 is 1.00 bits per heavy atom. The van der Waals surface area contributed by atoms with Crippen LogP contribution in [0.4, 0.5) is 5.82 Å². The number of anilines is 1. The first kappa shape index (κ1) is 23.7. The van der Waals surface area contributed by atoms with Crippen LogP contribution in [-0.4, -0.2) is 72.7 Å². The number of amides is 2. The summed E-state index contributed by atoms with van der Waals surface area (Å²) < 4.78 is 23.8. The second-order valence-electron chi connectivity index (χ2n) is 8.45. The number of rotatable bonds is 5. The van der Waals surface area contributed by atoms with Crippen LogP contribution in [0.2, 0.25) is 5.02 Å². The van der Waals surface area contributed by atoms with E-state index in [1.165, 1.54) is 6.20 Å². The van der Waals surface area contributed by atoms with Gasteiger partial charge >= 0.3 is 0 Å². The first-order valence-corrected chi connectivity index (χ1v) is 13.2. The lowest BCUT2D eigenvalue weighted by atomic mass is 9.94. The molecule has 2 aliphatic rings. The third-order valence-corrected chi connectivity index (χ3v) is 8.08. The lowest BCUT2D eigenvalue weighted by Gasteiger charge is -2.39. The second-order valence-corrected chi connectivity index (χ2v) is 11.2. The van der Waals surface area contributed by atoms with Gasteiger partial charge in [0.05, 0.1) is 16.5 Å². The molecule has 2 aromatic rings. The third kappa shape index (κ3) is 5.90. The number of aromatic nitrogens is 1. The first-order chi connectivity index (χ1) is 15.8. The summed E-state index contributed by atoms with van der Waals surface area (Å²) in [5, 5.41) is 3.31. The Balaban J connectivity index is 1.40. The number of carbonyl (C=O) groups excluding carboxylic acids is 2. The number of hydrogen-bond donors (Lipinski definition) is 1. The fourth-order valence-electron chi connectivity index (χ4n) is 4.34. The van der Waals surface area contributed by atoms with E-state index in [0.717, 1.165) is 5.56 Å². The van der Waals surface area contributed by atoms with Crippen LogP contribution in [0.15, 0.2) is 48.7 Å². The van der Waals surface area contributed by atoms with E-state index in [4.69, 9.17) is 11.6 Å². The van der Waals surface area contributed by atoms with E-state index in [1.54, 1.807) is 17.0 Å². The molecule has 0 spiro atoms. The SMILES string of the molecule is O=C(Nc1ccc(Cl)cn1)C1CCN(C(=O)C(c2ccccc2)N2CCS(=O)(=O)CC2)CC1. The van der Waals surface area contributed by atoms with Gasteiger partial charge in [-0.1, -0.05) is 41.9 Å². The molecule has 1 N–H and O–H groups in total. The summed E-state index contributed by atoms with van der Waals surface area (Å²) in [6.45, 7) is 1.61. The molecule has 176 valence electrons. The van der Waals surface area contributed by atoms with Gasteiger partial charge in [-0.25, -0.2) is 13.4 Å². The minimum absolute atomic E-state index is 0.0428. The molecule has 2 fully saturated rings. The monoisotopic (exact) mass is 490 g/mol. The maximum Gasteiger partial charge on any atom is 0.244 e. The van der Waals surface area contributed by atoms with Crippen LogP contribution >= 0.6 is 11.6 Å². The Kier molecular flexibility index (Phi) is 7.31. The number of hydrogen-bond acceptors (Lipinski definition) is 6. The molecule has 2 amide bonds. The number of nitrogens with zero attached hydrogens (tertiary/aromatic N) is 3. The Morgan fingerprint density at radius 3 is 2.27 bits per heavy atom. The van der Waals surface area contributed by atoms with Gasteiger partial charge in [0.15, 0.2) is 9.84 Å². The molecule has 10 heteroatoms. The summed E-state index contributed by atoms with van der Waals surface area (Å²) in [4.78, 5) is 34.1. The van der Waals surface area contributed by atoms with Crippen molar-refractivity contribution in [3.63, 3.8) is 0 Å². The largest absolute Gasteiger partial charge is 0.341 e. The third-order valence-electron chi connectivity index (χ3n) is 6.25. The van der Waals surface area contributed by atoms with Crippen LogP contribution in [-0.2, 0) is 19.4 Å². The standard InChI is InChI=1S/C23H27ClN4O4S/c24-19-6-7-20(25-16-19)26-22(29)18-8-10-28(11-9-18)23(30)21(17-4-2-1-3-5-17)27-12-14-33(31,32)15-13-27/h1-7,16,18,21H,8-15H2,(H,25,26,29). The highest BCUT2D eigenvalue weighted by molar-refractivity contribution is 7.91. The quantitative estimate of drug-likeness (QED) is 0.690. The van der Waals surface area contributed by atoms with Crippen molar-refractivity contribution in [2.75, 3.05) is 43.0 Å². The maximum atomic E-state index is 13.6. The van der Waals surface area contributed by atoms with Crippen molar-refractivity contribution >= 4 is 39.1 Å². The highest BCUT2D eigenvalue weighted by Crippen LogP contribution is 2.28. The number of likely N-dealkylation sites (tertiary alicyclic amines) is 1. The highest BCUT2D eigenvalue weighted by Gasteiger charge is 2.36. The predicted octanol–water partition coefficient (Wildman–Crippen LogP) is 2.38. The van der Waals surface area contributed by atoms with Gasteiger partial charge in [-0.2, -0.15) is 0 Å². The topological polar surface area (TPSA) is 99.7 Å². The highest BCUT2D eigenvalue weighted by atomic mass is 35.5. The minimum Gasteiger partial charge on any atom is -0.341 e. The van der Waals surface area contributed by atoms with Gasteiger partial charge in [0.2, 0.25) is 11.8 Å². The minimum atomic E-state index is -3.05. The molecule has 1 atom stereocenters. The van der Waals surface area contributed by atoms with E-state index in [9.17, 15) is 18.0 Å². The van der Waals surface area contributed by atoms with Crippen LogP contribution in [0.25, 0.3) is 0 Å². The second kappa shape index (κ2) is 10.2. The molecule has 4 rings (SSSR count). The lowest BCUT2D eigenvalue weighted by molar-refractivity contribution is -0.140. The normalized spacial score (nSPS) is 20.2. The Labute approximate surface area is 198 Å². The van der Waals surface area contributed by atoms with Crippen molar-refractivity contribution in [3.8, 4) is 0 Å². The van der Waals surface area contributed by atoms with Crippen LogP contribution < -0.4 is 5.32 Å². The van der Waals surface area contributed by atoms with E-state index in [-0.39, 0.29) is 29.2 Å². The average molecular weight is 491 g/mol. The number of piperidine rings is 1. The van der Waals surface area contributed by atoms with E-state index < -0.39 is 15.9 Å². The Hall–Kier alpha value is -2.49. The molecular formula is C23H27ClN4O4S. The molecule has 1 aromatic heterocycles. The number of nitrogens with one attached hydrogen (secondary N) is 1. The van der Waals surface area contributed by atoms with Crippen molar-refractivity contribution in [1.82, 2.24) is 14.8 Å². The van der Waals surface area contributed by atoms with Crippen molar-refractivity contribution in [2.45, 2.75) is 18.9 Å². The summed E-state index contributed by atoms with van der Waals surface area (Å²) >= 11 is 5.84. The van der Waals surface area contributed by atoms with Crippen LogP contribution in [0.1, 0.15) is 24.4 Å². The van der Waals surface area contributed by atoms with Gasteiger partial charge in [-0.3, -0.25) is 14.5 Å². The Bertz CT molecular complexity index is 1070. The zero-order valence-corrected chi connectivity index (χ0v) is 19.8. The molecule has 3 heterocycles. The maximum absolute atomic E-state index is 13.6. The summed E-state index contributed by atoms with van der Waals surface area (Å²) in [6.07, 6.45) is 2.59. The summed E-state index contributed by atoms with van der Waals surface area (Å²) in [6, 6.07) is 12.3.